The van der Waals surface area contributed by atoms with Gasteiger partial charge < -0.3 is 0 Å². The Labute approximate surface area is 102 Å². The van der Waals surface area contributed by atoms with Gasteiger partial charge in [0.05, 0.1) is 0 Å². The lowest BCUT2D eigenvalue weighted by molar-refractivity contribution is 0.316. The zero-order valence-corrected chi connectivity index (χ0v) is 11.1. The lowest BCUT2D eigenvalue weighted by Gasteiger charge is -2.26. The van der Waals surface area contributed by atoms with Crippen LogP contribution in [0.2, 0.25) is 0 Å². The molecule has 0 saturated heterocycles. The van der Waals surface area contributed by atoms with Crippen molar-refractivity contribution in [2.75, 3.05) is 5.88 Å². The first-order valence-corrected chi connectivity index (χ1v) is 7.16. The summed E-state index contributed by atoms with van der Waals surface area (Å²) in [4.78, 5) is 3.01. The predicted molar refractivity (Wildman–Crippen MR) is 69.0 cm³/mol. The van der Waals surface area contributed by atoms with Crippen LogP contribution in [0.4, 0.5) is 0 Å². The van der Waals surface area contributed by atoms with Crippen molar-refractivity contribution in [1.29, 1.82) is 0 Å². The maximum absolute atomic E-state index is 6.14. The SMILES string of the molecule is CCc1ccc(CC(C)(CCl)C2CC2)s1. The molecule has 1 aromatic heterocycles. The Morgan fingerprint density at radius 1 is 1.40 bits per heavy atom. The summed E-state index contributed by atoms with van der Waals surface area (Å²) in [6.45, 7) is 4.57. The largest absolute Gasteiger partial charge is 0.145 e. The number of halogens is 1. The van der Waals surface area contributed by atoms with Crippen LogP contribution in [-0.2, 0) is 12.8 Å². The zero-order valence-electron chi connectivity index (χ0n) is 9.55. The first-order valence-electron chi connectivity index (χ1n) is 5.81. The van der Waals surface area contributed by atoms with E-state index in [4.69, 9.17) is 11.6 Å². The van der Waals surface area contributed by atoms with Crippen LogP contribution in [0.25, 0.3) is 0 Å². The van der Waals surface area contributed by atoms with E-state index in [0.29, 0.717) is 5.41 Å². The van der Waals surface area contributed by atoms with Crippen LogP contribution < -0.4 is 0 Å². The Kier molecular flexibility index (Phi) is 3.42. The molecule has 0 amide bonds. The van der Waals surface area contributed by atoms with E-state index in [0.717, 1.165) is 18.2 Å². The topological polar surface area (TPSA) is 0 Å². The first kappa shape index (κ1) is 11.5. The number of hydrogen-bond donors (Lipinski definition) is 0. The first-order chi connectivity index (χ1) is 7.18. The van der Waals surface area contributed by atoms with Gasteiger partial charge in [0.2, 0.25) is 0 Å². The normalized spacial score (nSPS) is 20.2. The molecule has 1 heterocycles. The average Bonchev–Trinajstić information content (AvgIpc) is 3.01. The third kappa shape index (κ3) is 2.57. The predicted octanol–water partition coefficient (Wildman–Crippen LogP) is 4.51. The van der Waals surface area contributed by atoms with E-state index in [1.54, 1.807) is 0 Å². The Balaban J connectivity index is 2.05. The van der Waals surface area contributed by atoms with Gasteiger partial charge in [0, 0.05) is 15.6 Å². The van der Waals surface area contributed by atoms with Gasteiger partial charge >= 0.3 is 0 Å². The quantitative estimate of drug-likeness (QED) is 0.667. The van der Waals surface area contributed by atoms with Crippen molar-refractivity contribution in [2.45, 2.75) is 39.5 Å². The Morgan fingerprint density at radius 3 is 2.53 bits per heavy atom. The van der Waals surface area contributed by atoms with E-state index in [2.05, 4.69) is 26.0 Å². The summed E-state index contributed by atoms with van der Waals surface area (Å²) in [6.07, 6.45) is 5.10. The van der Waals surface area contributed by atoms with Gasteiger partial charge in [-0.1, -0.05) is 13.8 Å². The second-order valence-electron chi connectivity index (χ2n) is 4.96. The molecule has 0 aromatic carbocycles. The summed E-state index contributed by atoms with van der Waals surface area (Å²) in [5.74, 6) is 1.68. The molecular formula is C13H19ClS. The molecule has 1 aliphatic carbocycles. The van der Waals surface area contributed by atoms with E-state index >= 15 is 0 Å². The van der Waals surface area contributed by atoms with Crippen LogP contribution in [0.3, 0.4) is 0 Å². The molecule has 0 bridgehead atoms. The molecule has 0 aliphatic heterocycles. The molecule has 0 nitrogen and oxygen atoms in total. The molecule has 0 radical (unpaired) electrons. The van der Waals surface area contributed by atoms with E-state index < -0.39 is 0 Å². The third-order valence-corrected chi connectivity index (χ3v) is 5.35. The van der Waals surface area contributed by atoms with Gasteiger partial charge in [0.15, 0.2) is 0 Å². The highest BCUT2D eigenvalue weighted by Crippen LogP contribution is 2.48. The summed E-state index contributed by atoms with van der Waals surface area (Å²) in [7, 11) is 0. The molecule has 1 aliphatic rings. The molecule has 84 valence electrons. The highest BCUT2D eigenvalue weighted by molar-refractivity contribution is 7.11. The second kappa shape index (κ2) is 4.47. The van der Waals surface area contributed by atoms with Crippen molar-refractivity contribution < 1.29 is 0 Å². The molecule has 15 heavy (non-hydrogen) atoms. The molecule has 1 saturated carbocycles. The fraction of sp³-hybridized carbons (Fsp3) is 0.692. The fourth-order valence-corrected chi connectivity index (χ4v) is 3.65. The smallest absolute Gasteiger partial charge is 0.0283 e. The van der Waals surface area contributed by atoms with Crippen molar-refractivity contribution in [3.8, 4) is 0 Å². The maximum Gasteiger partial charge on any atom is 0.0283 e. The van der Waals surface area contributed by atoms with Crippen LogP contribution in [0.15, 0.2) is 12.1 Å². The van der Waals surface area contributed by atoms with Crippen molar-refractivity contribution in [1.82, 2.24) is 0 Å². The lowest BCUT2D eigenvalue weighted by atomic mass is 9.83. The molecule has 1 unspecified atom stereocenters. The van der Waals surface area contributed by atoms with Gasteiger partial charge in [-0.15, -0.1) is 22.9 Å². The highest BCUT2D eigenvalue weighted by Gasteiger charge is 2.40. The third-order valence-electron chi connectivity index (χ3n) is 3.51. The zero-order chi connectivity index (χ0) is 10.9. The van der Waals surface area contributed by atoms with Crippen LogP contribution in [0, 0.1) is 11.3 Å². The summed E-state index contributed by atoms with van der Waals surface area (Å²) >= 11 is 8.10. The van der Waals surface area contributed by atoms with Crippen LogP contribution in [-0.4, -0.2) is 5.88 Å². The maximum atomic E-state index is 6.14. The van der Waals surface area contributed by atoms with Crippen molar-refractivity contribution in [3.63, 3.8) is 0 Å². The van der Waals surface area contributed by atoms with Gasteiger partial charge in [-0.25, -0.2) is 0 Å². The molecule has 1 aromatic rings. The minimum atomic E-state index is 0.345. The molecule has 0 N–H and O–H groups in total. The Bertz CT molecular complexity index is 327. The summed E-state index contributed by atoms with van der Waals surface area (Å²) in [5.41, 5.74) is 0.345. The molecule has 0 spiro atoms. The van der Waals surface area contributed by atoms with E-state index in [-0.39, 0.29) is 0 Å². The second-order valence-corrected chi connectivity index (χ2v) is 6.48. The number of rotatable bonds is 5. The van der Waals surface area contributed by atoms with Gasteiger partial charge in [0.1, 0.15) is 0 Å². The minimum Gasteiger partial charge on any atom is -0.145 e. The number of aryl methyl sites for hydroxylation is 1. The van der Waals surface area contributed by atoms with E-state index in [1.807, 2.05) is 11.3 Å². The molecular weight excluding hydrogens is 224 g/mol. The number of thiophene rings is 1. The standard InChI is InChI=1S/C13H19ClS/c1-3-11-6-7-12(15-11)8-13(2,9-14)10-4-5-10/h6-7,10H,3-5,8-9H2,1-2H3. The average molecular weight is 243 g/mol. The fourth-order valence-electron chi connectivity index (χ4n) is 2.19. The van der Waals surface area contributed by atoms with Crippen molar-refractivity contribution in [3.05, 3.63) is 21.9 Å². The molecule has 1 atom stereocenters. The van der Waals surface area contributed by atoms with Gasteiger partial charge in [0.25, 0.3) is 0 Å². The van der Waals surface area contributed by atoms with Crippen LogP contribution >= 0.6 is 22.9 Å². The monoisotopic (exact) mass is 242 g/mol. The van der Waals surface area contributed by atoms with Crippen molar-refractivity contribution >= 4 is 22.9 Å². The summed E-state index contributed by atoms with van der Waals surface area (Å²) < 4.78 is 0. The Hall–Kier alpha value is -0.0100. The minimum absolute atomic E-state index is 0.345. The molecule has 2 heteroatoms. The number of alkyl halides is 1. The van der Waals surface area contributed by atoms with Gasteiger partial charge in [-0.2, -0.15) is 0 Å². The molecule has 2 rings (SSSR count). The Morgan fingerprint density at radius 2 is 2.07 bits per heavy atom. The molecule has 1 fully saturated rings. The van der Waals surface area contributed by atoms with E-state index in [9.17, 15) is 0 Å². The van der Waals surface area contributed by atoms with Gasteiger partial charge in [-0.3, -0.25) is 0 Å². The lowest BCUT2D eigenvalue weighted by Crippen LogP contribution is -2.23. The summed E-state index contributed by atoms with van der Waals surface area (Å²) in [5, 5.41) is 0. The van der Waals surface area contributed by atoms with Crippen molar-refractivity contribution in [2.24, 2.45) is 11.3 Å². The van der Waals surface area contributed by atoms with Gasteiger partial charge in [-0.05, 0) is 49.1 Å². The van der Waals surface area contributed by atoms with Crippen LogP contribution in [0.5, 0.6) is 0 Å². The van der Waals surface area contributed by atoms with Crippen LogP contribution in [0.1, 0.15) is 36.4 Å². The van der Waals surface area contributed by atoms with E-state index in [1.165, 1.54) is 29.0 Å². The number of hydrogen-bond acceptors (Lipinski definition) is 1. The highest BCUT2D eigenvalue weighted by atomic mass is 35.5. The summed E-state index contributed by atoms with van der Waals surface area (Å²) in [6, 6.07) is 4.55.